The molecule has 1 aliphatic rings. The summed E-state index contributed by atoms with van der Waals surface area (Å²) >= 11 is 0. The van der Waals surface area contributed by atoms with Crippen molar-refractivity contribution < 1.29 is 17.9 Å². The van der Waals surface area contributed by atoms with E-state index in [4.69, 9.17) is 9.47 Å². The van der Waals surface area contributed by atoms with Crippen LogP contribution < -0.4 is 4.74 Å². The van der Waals surface area contributed by atoms with Crippen molar-refractivity contribution in [3.8, 4) is 5.75 Å². The number of aryl methyl sites for hydroxylation is 1. The predicted molar refractivity (Wildman–Crippen MR) is 77.5 cm³/mol. The van der Waals surface area contributed by atoms with Gasteiger partial charge in [0.15, 0.2) is 0 Å². The van der Waals surface area contributed by atoms with Gasteiger partial charge in [0, 0.05) is 12.6 Å². The highest BCUT2D eigenvalue weighted by Crippen LogP contribution is 2.16. The van der Waals surface area contributed by atoms with E-state index in [0.29, 0.717) is 26.2 Å². The first-order valence-corrected chi connectivity index (χ1v) is 8.34. The summed E-state index contributed by atoms with van der Waals surface area (Å²) in [5, 5.41) is 0. The molecule has 1 heterocycles. The van der Waals surface area contributed by atoms with E-state index >= 15 is 0 Å². The number of benzene rings is 1. The first-order chi connectivity index (χ1) is 9.53. The van der Waals surface area contributed by atoms with Crippen molar-refractivity contribution >= 4 is 10.0 Å². The molecule has 112 valence electrons. The zero-order valence-electron chi connectivity index (χ0n) is 11.9. The normalized spacial score (nSPS) is 20.8. The van der Waals surface area contributed by atoms with Crippen LogP contribution >= 0.6 is 0 Å². The van der Waals surface area contributed by atoms with E-state index in [1.54, 1.807) is 11.4 Å². The molecule has 0 aliphatic carbocycles. The lowest BCUT2D eigenvalue weighted by Gasteiger charge is -2.32. The summed E-state index contributed by atoms with van der Waals surface area (Å²) in [6.07, 6.45) is 0.490. The average molecular weight is 299 g/mol. The van der Waals surface area contributed by atoms with Crippen LogP contribution in [0.25, 0.3) is 0 Å². The number of hydrogen-bond donors (Lipinski definition) is 0. The molecule has 1 aromatic rings. The Morgan fingerprint density at radius 2 is 2.25 bits per heavy atom. The number of morpholine rings is 1. The van der Waals surface area contributed by atoms with Gasteiger partial charge in [-0.25, -0.2) is 8.42 Å². The number of sulfonamides is 1. The fourth-order valence-electron chi connectivity index (χ4n) is 2.32. The van der Waals surface area contributed by atoms with E-state index in [2.05, 4.69) is 0 Å². The molecule has 1 fully saturated rings. The second-order valence-corrected chi connectivity index (χ2v) is 6.99. The van der Waals surface area contributed by atoms with Gasteiger partial charge in [0.2, 0.25) is 10.0 Å². The highest BCUT2D eigenvalue weighted by molar-refractivity contribution is 7.89. The van der Waals surface area contributed by atoms with Gasteiger partial charge in [0.1, 0.15) is 5.75 Å². The molecule has 0 spiro atoms. The minimum absolute atomic E-state index is 0.0842. The third-order valence-electron chi connectivity index (χ3n) is 3.45. The van der Waals surface area contributed by atoms with Gasteiger partial charge in [-0.3, -0.25) is 0 Å². The lowest BCUT2D eigenvalue weighted by Crippen LogP contribution is -2.48. The third kappa shape index (κ3) is 3.71. The summed E-state index contributed by atoms with van der Waals surface area (Å²) in [6.45, 7) is 3.27. The molecule has 0 amide bonds. The largest absolute Gasteiger partial charge is 0.497 e. The molecule has 0 saturated carbocycles. The molecule has 0 aromatic heterocycles. The first kappa shape index (κ1) is 15.3. The summed E-state index contributed by atoms with van der Waals surface area (Å²) in [4.78, 5) is 0. The van der Waals surface area contributed by atoms with Crippen LogP contribution in [0.1, 0.15) is 12.5 Å². The fourth-order valence-corrected chi connectivity index (χ4v) is 4.01. The Balaban J connectivity index is 2.01. The van der Waals surface area contributed by atoms with Gasteiger partial charge in [-0.15, -0.1) is 0 Å². The van der Waals surface area contributed by atoms with Gasteiger partial charge in [-0.1, -0.05) is 12.1 Å². The molecule has 1 aliphatic heterocycles. The lowest BCUT2D eigenvalue weighted by atomic mass is 10.2. The molecule has 1 atom stereocenters. The van der Waals surface area contributed by atoms with Crippen LogP contribution in [0.4, 0.5) is 0 Å². The van der Waals surface area contributed by atoms with Crippen LogP contribution in [-0.4, -0.2) is 51.4 Å². The van der Waals surface area contributed by atoms with Crippen molar-refractivity contribution in [3.05, 3.63) is 29.8 Å². The number of nitrogens with zero attached hydrogens (tertiary/aromatic N) is 1. The van der Waals surface area contributed by atoms with Gasteiger partial charge in [-0.2, -0.15) is 4.31 Å². The number of ether oxygens (including phenoxy) is 2. The molecule has 0 N–H and O–H groups in total. The smallest absolute Gasteiger partial charge is 0.214 e. The van der Waals surface area contributed by atoms with E-state index in [0.717, 1.165) is 11.3 Å². The molecule has 5 nitrogen and oxygen atoms in total. The minimum atomic E-state index is -3.24. The van der Waals surface area contributed by atoms with Crippen molar-refractivity contribution in [2.24, 2.45) is 0 Å². The van der Waals surface area contributed by atoms with Crippen molar-refractivity contribution in [2.75, 3.05) is 32.6 Å². The molecular formula is C14H21NO4S. The maximum atomic E-state index is 12.4. The van der Waals surface area contributed by atoms with Gasteiger partial charge in [0.25, 0.3) is 0 Å². The molecule has 2 rings (SSSR count). The maximum Gasteiger partial charge on any atom is 0.214 e. The Hall–Kier alpha value is -1.11. The Kier molecular flexibility index (Phi) is 5.01. The highest BCUT2D eigenvalue weighted by atomic mass is 32.2. The van der Waals surface area contributed by atoms with Gasteiger partial charge in [-0.05, 0) is 31.0 Å². The molecule has 0 radical (unpaired) electrons. The molecular weight excluding hydrogens is 278 g/mol. The van der Waals surface area contributed by atoms with Crippen molar-refractivity contribution in [1.82, 2.24) is 4.31 Å². The van der Waals surface area contributed by atoms with Crippen LogP contribution in [-0.2, 0) is 21.2 Å². The molecule has 6 heteroatoms. The second kappa shape index (κ2) is 6.56. The zero-order valence-corrected chi connectivity index (χ0v) is 12.7. The van der Waals surface area contributed by atoms with Gasteiger partial charge in [0.05, 0.1) is 26.1 Å². The van der Waals surface area contributed by atoms with Crippen LogP contribution in [0.3, 0.4) is 0 Å². The van der Waals surface area contributed by atoms with Crippen LogP contribution in [0.15, 0.2) is 24.3 Å². The summed E-state index contributed by atoms with van der Waals surface area (Å²) in [5.41, 5.74) is 0.967. The summed E-state index contributed by atoms with van der Waals surface area (Å²) in [7, 11) is -1.64. The van der Waals surface area contributed by atoms with Crippen molar-refractivity contribution in [3.63, 3.8) is 0 Å². The summed E-state index contributed by atoms with van der Waals surface area (Å²) in [6, 6.07) is 7.43. The average Bonchev–Trinajstić information content (AvgIpc) is 2.46. The molecule has 1 unspecified atom stereocenters. The summed E-state index contributed by atoms with van der Waals surface area (Å²) < 4.78 is 36.7. The summed E-state index contributed by atoms with van der Waals surface area (Å²) in [5.74, 6) is 0.865. The van der Waals surface area contributed by atoms with Crippen LogP contribution in [0.5, 0.6) is 5.75 Å². The lowest BCUT2D eigenvalue weighted by molar-refractivity contribution is 0.0393. The van der Waals surface area contributed by atoms with E-state index in [9.17, 15) is 8.42 Å². The SMILES string of the molecule is COc1cccc(CCS(=O)(=O)N2CCOCC2C)c1. The second-order valence-electron chi connectivity index (χ2n) is 4.95. The first-order valence-electron chi connectivity index (χ1n) is 6.73. The number of methoxy groups -OCH3 is 1. The quantitative estimate of drug-likeness (QED) is 0.822. The molecule has 1 saturated heterocycles. The van der Waals surface area contributed by atoms with Crippen LogP contribution in [0, 0.1) is 0 Å². The van der Waals surface area contributed by atoms with Gasteiger partial charge < -0.3 is 9.47 Å². The van der Waals surface area contributed by atoms with Crippen molar-refractivity contribution in [2.45, 2.75) is 19.4 Å². The third-order valence-corrected chi connectivity index (χ3v) is 5.42. The molecule has 0 bridgehead atoms. The predicted octanol–water partition coefficient (Wildman–Crippen LogP) is 1.29. The topological polar surface area (TPSA) is 55.8 Å². The Morgan fingerprint density at radius 3 is 2.95 bits per heavy atom. The van der Waals surface area contributed by atoms with E-state index in [1.807, 2.05) is 31.2 Å². The fraction of sp³-hybridized carbons (Fsp3) is 0.571. The van der Waals surface area contributed by atoms with Gasteiger partial charge >= 0.3 is 0 Å². The van der Waals surface area contributed by atoms with E-state index in [1.165, 1.54) is 0 Å². The Morgan fingerprint density at radius 1 is 1.45 bits per heavy atom. The maximum absolute atomic E-state index is 12.4. The van der Waals surface area contributed by atoms with Crippen molar-refractivity contribution in [1.29, 1.82) is 0 Å². The molecule has 20 heavy (non-hydrogen) atoms. The zero-order chi connectivity index (χ0) is 14.6. The highest BCUT2D eigenvalue weighted by Gasteiger charge is 2.29. The Bertz CT molecular complexity index is 544. The standard InChI is InChI=1S/C14H21NO4S/c1-12-11-19-8-7-15(12)20(16,17)9-6-13-4-3-5-14(10-13)18-2/h3-5,10,12H,6-9,11H2,1-2H3. The molecule has 1 aromatic carbocycles. The Labute approximate surface area is 120 Å². The van der Waals surface area contributed by atoms with Crippen LogP contribution in [0.2, 0.25) is 0 Å². The van der Waals surface area contributed by atoms with E-state index in [-0.39, 0.29) is 11.8 Å². The number of hydrogen-bond acceptors (Lipinski definition) is 4. The monoisotopic (exact) mass is 299 g/mol. The van der Waals surface area contributed by atoms with E-state index < -0.39 is 10.0 Å². The minimum Gasteiger partial charge on any atom is -0.497 e. The number of rotatable bonds is 5.